The predicted octanol–water partition coefficient (Wildman–Crippen LogP) is 3.46. The van der Waals surface area contributed by atoms with E-state index in [1.807, 2.05) is 18.3 Å². The third kappa shape index (κ3) is 7.12. The molecule has 0 bridgehead atoms. The number of aryl methyl sites for hydroxylation is 1. The van der Waals surface area contributed by atoms with Gasteiger partial charge in [0.2, 0.25) is 0 Å². The van der Waals surface area contributed by atoms with Crippen LogP contribution in [0.15, 0.2) is 30.5 Å². The van der Waals surface area contributed by atoms with Crippen molar-refractivity contribution in [3.05, 3.63) is 50.9 Å². The van der Waals surface area contributed by atoms with Gasteiger partial charge in [0.25, 0.3) is 0 Å². The second-order valence-electron chi connectivity index (χ2n) is 6.05. The Morgan fingerprint density at radius 1 is 1.44 bits per heavy atom. The molecule has 0 aliphatic rings. The maximum Gasteiger partial charge on any atom is 0.303 e. The van der Waals surface area contributed by atoms with Crippen molar-refractivity contribution < 1.29 is 15.0 Å². The Hall–Kier alpha value is -1.47. The van der Waals surface area contributed by atoms with E-state index in [9.17, 15) is 9.90 Å². The van der Waals surface area contributed by atoms with Gasteiger partial charge in [0.05, 0.1) is 11.1 Å². The largest absolute Gasteiger partial charge is 0.481 e. The van der Waals surface area contributed by atoms with Crippen LogP contribution < -0.4 is 5.32 Å². The number of aliphatic carboxylic acids is 1. The lowest BCUT2D eigenvalue weighted by atomic mass is 10.1. The van der Waals surface area contributed by atoms with Crippen LogP contribution in [0.25, 0.3) is 0 Å². The summed E-state index contributed by atoms with van der Waals surface area (Å²) in [5, 5.41) is 23.8. The summed E-state index contributed by atoms with van der Waals surface area (Å²) in [6, 6.07) is 7.40. The molecule has 1 aromatic heterocycles. The minimum Gasteiger partial charge on any atom is -0.481 e. The molecule has 5 nitrogen and oxygen atoms in total. The molecule has 0 radical (unpaired) electrons. The molecule has 3 N–H and O–H groups in total. The number of halogens is 1. The lowest BCUT2D eigenvalue weighted by molar-refractivity contribution is -0.137. The molecular formula is C18H23ClN2O3S. The first-order valence-electron chi connectivity index (χ1n) is 8.26. The quantitative estimate of drug-likeness (QED) is 0.586. The fourth-order valence-electron chi connectivity index (χ4n) is 2.45. The van der Waals surface area contributed by atoms with Gasteiger partial charge in [-0.05, 0) is 37.5 Å². The molecule has 25 heavy (non-hydrogen) atoms. The normalized spacial score (nSPS) is 13.6. The monoisotopic (exact) mass is 382 g/mol. The van der Waals surface area contributed by atoms with E-state index < -0.39 is 12.1 Å². The van der Waals surface area contributed by atoms with Crippen LogP contribution in [0.3, 0.4) is 0 Å². The predicted molar refractivity (Wildman–Crippen MR) is 100 cm³/mol. The molecule has 2 atom stereocenters. The molecule has 136 valence electrons. The first-order chi connectivity index (χ1) is 11.9. The zero-order chi connectivity index (χ0) is 18.2. The second kappa shape index (κ2) is 9.87. The highest BCUT2D eigenvalue weighted by atomic mass is 35.5. The molecule has 0 aliphatic heterocycles. The molecule has 2 rings (SSSR count). The fourth-order valence-corrected chi connectivity index (χ4v) is 3.74. The fraction of sp³-hybridized carbons (Fsp3) is 0.444. The van der Waals surface area contributed by atoms with Crippen LogP contribution in [-0.4, -0.2) is 33.8 Å². The third-order valence-electron chi connectivity index (χ3n) is 3.79. The second-order valence-corrected chi connectivity index (χ2v) is 7.69. The van der Waals surface area contributed by atoms with Gasteiger partial charge in [-0.1, -0.05) is 23.7 Å². The van der Waals surface area contributed by atoms with Gasteiger partial charge in [0.1, 0.15) is 0 Å². The van der Waals surface area contributed by atoms with E-state index in [4.69, 9.17) is 16.7 Å². The van der Waals surface area contributed by atoms with Gasteiger partial charge in [0, 0.05) is 41.5 Å². The summed E-state index contributed by atoms with van der Waals surface area (Å²) in [7, 11) is 0. The highest BCUT2D eigenvalue weighted by molar-refractivity contribution is 7.11. The number of thiazole rings is 1. The number of carboxylic acid groups (broad SMARTS) is 1. The lowest BCUT2D eigenvalue weighted by Crippen LogP contribution is -2.32. The van der Waals surface area contributed by atoms with Gasteiger partial charge in [-0.2, -0.15) is 0 Å². The maximum absolute atomic E-state index is 10.5. The lowest BCUT2D eigenvalue weighted by Gasteiger charge is -2.16. The van der Waals surface area contributed by atoms with Crippen molar-refractivity contribution in [1.82, 2.24) is 10.3 Å². The minimum absolute atomic E-state index is 0.173. The van der Waals surface area contributed by atoms with Crippen LogP contribution in [0, 0.1) is 0 Å². The highest BCUT2D eigenvalue weighted by Crippen LogP contribution is 2.19. The Bertz CT molecular complexity index is 692. The summed E-state index contributed by atoms with van der Waals surface area (Å²) in [4.78, 5) is 16.1. The number of nitrogens with one attached hydrogen (secondary N) is 1. The number of carbonyl (C=O) groups is 1. The number of hydrogen-bond acceptors (Lipinski definition) is 5. The standard InChI is InChI=1S/C18H23ClN2O3S/c1-12(20-11-16(22)13-4-2-5-14(19)9-13)8-17-21-10-15(25-17)6-3-7-18(23)24/h2,4-5,9-10,12,16,20,22H,3,6-8,11H2,1H3,(H,23,24)/t12?,16-/m0/s1. The van der Waals surface area contributed by atoms with Gasteiger partial charge in [0.15, 0.2) is 0 Å². The average Bonchev–Trinajstić information content (AvgIpc) is 2.99. The molecule has 1 heterocycles. The van der Waals surface area contributed by atoms with Crippen LogP contribution in [0.1, 0.15) is 41.3 Å². The van der Waals surface area contributed by atoms with Crippen LogP contribution in [-0.2, 0) is 17.6 Å². The first kappa shape index (κ1) is 19.8. The number of aliphatic hydroxyl groups is 1. The molecule has 0 fully saturated rings. The number of rotatable bonds is 10. The number of aromatic nitrogens is 1. The van der Waals surface area contributed by atoms with E-state index >= 15 is 0 Å². The molecule has 0 saturated heterocycles. The van der Waals surface area contributed by atoms with Crippen molar-refractivity contribution in [2.24, 2.45) is 0 Å². The third-order valence-corrected chi connectivity index (χ3v) is 5.10. The summed E-state index contributed by atoms with van der Waals surface area (Å²) in [6.45, 7) is 2.49. The first-order valence-corrected chi connectivity index (χ1v) is 9.45. The Morgan fingerprint density at radius 3 is 2.96 bits per heavy atom. The van der Waals surface area contributed by atoms with Gasteiger partial charge in [-0.15, -0.1) is 11.3 Å². The molecule has 0 amide bonds. The summed E-state index contributed by atoms with van der Waals surface area (Å²) in [5.41, 5.74) is 0.794. The Kier molecular flexibility index (Phi) is 7.84. The summed E-state index contributed by atoms with van der Waals surface area (Å²) < 4.78 is 0. The van der Waals surface area contributed by atoms with E-state index in [0.29, 0.717) is 18.0 Å². The molecule has 1 aromatic carbocycles. The van der Waals surface area contributed by atoms with Gasteiger partial charge in [-0.3, -0.25) is 4.79 Å². The van der Waals surface area contributed by atoms with E-state index in [0.717, 1.165) is 28.3 Å². The van der Waals surface area contributed by atoms with Crippen LogP contribution in [0.5, 0.6) is 0 Å². The summed E-state index contributed by atoms with van der Waals surface area (Å²) in [6.07, 6.45) is 3.56. The van der Waals surface area contributed by atoms with Crippen LogP contribution >= 0.6 is 22.9 Å². The number of benzene rings is 1. The zero-order valence-electron chi connectivity index (χ0n) is 14.1. The van der Waals surface area contributed by atoms with E-state index in [2.05, 4.69) is 17.2 Å². The average molecular weight is 383 g/mol. The Morgan fingerprint density at radius 2 is 2.24 bits per heavy atom. The van der Waals surface area contributed by atoms with Crippen molar-refractivity contribution in [1.29, 1.82) is 0 Å². The SMILES string of the molecule is CC(Cc1ncc(CCCC(=O)O)s1)NC[C@H](O)c1cccc(Cl)c1. The van der Waals surface area contributed by atoms with Gasteiger partial charge >= 0.3 is 5.97 Å². The maximum atomic E-state index is 10.5. The number of aliphatic hydroxyl groups excluding tert-OH is 1. The Balaban J connectivity index is 1.75. The van der Waals surface area contributed by atoms with Crippen molar-refractivity contribution >= 4 is 28.9 Å². The van der Waals surface area contributed by atoms with Crippen molar-refractivity contribution in [2.75, 3.05) is 6.54 Å². The summed E-state index contributed by atoms with van der Waals surface area (Å²) in [5.74, 6) is -0.763. The molecule has 0 aliphatic carbocycles. The number of nitrogens with zero attached hydrogens (tertiary/aromatic N) is 1. The summed E-state index contributed by atoms with van der Waals surface area (Å²) >= 11 is 7.57. The zero-order valence-corrected chi connectivity index (χ0v) is 15.7. The molecule has 0 saturated carbocycles. The molecular weight excluding hydrogens is 360 g/mol. The van der Waals surface area contributed by atoms with Gasteiger partial charge in [-0.25, -0.2) is 4.98 Å². The molecule has 7 heteroatoms. The molecule has 0 spiro atoms. The number of hydrogen-bond donors (Lipinski definition) is 3. The van der Waals surface area contributed by atoms with Crippen molar-refractivity contribution in [3.8, 4) is 0 Å². The molecule has 1 unspecified atom stereocenters. The van der Waals surface area contributed by atoms with E-state index in [-0.39, 0.29) is 12.5 Å². The van der Waals surface area contributed by atoms with E-state index in [1.54, 1.807) is 23.5 Å². The smallest absolute Gasteiger partial charge is 0.303 e. The van der Waals surface area contributed by atoms with Crippen LogP contribution in [0.2, 0.25) is 5.02 Å². The minimum atomic E-state index is -0.763. The van der Waals surface area contributed by atoms with Crippen molar-refractivity contribution in [2.45, 2.75) is 44.8 Å². The van der Waals surface area contributed by atoms with Crippen LogP contribution in [0.4, 0.5) is 0 Å². The van der Waals surface area contributed by atoms with Gasteiger partial charge < -0.3 is 15.5 Å². The highest BCUT2D eigenvalue weighted by Gasteiger charge is 2.12. The Labute approximate surface area is 156 Å². The molecule has 2 aromatic rings. The topological polar surface area (TPSA) is 82.5 Å². The van der Waals surface area contributed by atoms with Crippen molar-refractivity contribution in [3.63, 3.8) is 0 Å². The number of carboxylic acids is 1. The van der Waals surface area contributed by atoms with E-state index in [1.165, 1.54) is 0 Å².